The lowest BCUT2D eigenvalue weighted by atomic mass is 10.0. The van der Waals surface area contributed by atoms with Crippen molar-refractivity contribution in [1.82, 2.24) is 15.2 Å². The lowest BCUT2D eigenvalue weighted by Gasteiger charge is -2.29. The molecule has 1 aromatic carbocycles. The van der Waals surface area contributed by atoms with Gasteiger partial charge in [-0.15, -0.1) is 11.8 Å². The number of anilines is 1. The minimum atomic E-state index is -0.431. The number of carbonyl (C=O) groups is 2. The number of nitrogens with one attached hydrogen (secondary N) is 1. The maximum atomic E-state index is 12.9. The van der Waals surface area contributed by atoms with Crippen LogP contribution in [0.15, 0.2) is 24.4 Å². The third-order valence-corrected chi connectivity index (χ3v) is 6.41. The van der Waals surface area contributed by atoms with E-state index in [0.29, 0.717) is 30.4 Å². The Morgan fingerprint density at radius 1 is 1.37 bits per heavy atom. The van der Waals surface area contributed by atoms with Gasteiger partial charge in [-0.25, -0.2) is 0 Å². The normalized spacial score (nSPS) is 19.0. The summed E-state index contributed by atoms with van der Waals surface area (Å²) in [6.45, 7) is 4.81. The molecule has 2 aliphatic rings. The largest absolute Gasteiger partial charge is 0.378 e. The van der Waals surface area contributed by atoms with Crippen LogP contribution < -0.4 is 10.2 Å². The lowest BCUT2D eigenvalue weighted by Crippen LogP contribution is -2.42. The molecule has 0 radical (unpaired) electrons. The van der Waals surface area contributed by atoms with Gasteiger partial charge in [0.1, 0.15) is 6.04 Å². The highest BCUT2D eigenvalue weighted by Gasteiger charge is 2.29. The number of rotatable bonds is 4. The van der Waals surface area contributed by atoms with E-state index in [1.807, 2.05) is 13.0 Å². The zero-order valence-electron chi connectivity index (χ0n) is 16.8. The highest BCUT2D eigenvalue weighted by atomic mass is 32.2. The minimum Gasteiger partial charge on any atom is -0.378 e. The highest BCUT2D eigenvalue weighted by Crippen LogP contribution is 2.28. The minimum absolute atomic E-state index is 0.135. The quantitative estimate of drug-likeness (QED) is 0.793. The fourth-order valence-electron chi connectivity index (χ4n) is 3.76. The Morgan fingerprint density at radius 2 is 2.17 bits per heavy atom. The summed E-state index contributed by atoms with van der Waals surface area (Å²) in [6.07, 6.45) is 1.61. The Bertz CT molecular complexity index is 1020. The molecule has 0 aliphatic carbocycles. The summed E-state index contributed by atoms with van der Waals surface area (Å²) >= 11 is 1.54. The van der Waals surface area contributed by atoms with Gasteiger partial charge >= 0.3 is 0 Å². The fraction of sp³-hybridized carbons (Fsp3) is 0.429. The molecule has 1 atom stereocenters. The van der Waals surface area contributed by atoms with E-state index in [0.717, 1.165) is 35.2 Å². The van der Waals surface area contributed by atoms with Gasteiger partial charge in [0, 0.05) is 36.1 Å². The number of nitriles is 1. The van der Waals surface area contributed by atoms with Gasteiger partial charge in [0.25, 0.3) is 5.91 Å². The van der Waals surface area contributed by atoms with Crippen LogP contribution >= 0.6 is 11.8 Å². The number of hydrogen-bond acceptors (Lipinski definition) is 7. The summed E-state index contributed by atoms with van der Waals surface area (Å²) in [7, 11) is 0. The second kappa shape index (κ2) is 8.90. The summed E-state index contributed by atoms with van der Waals surface area (Å²) in [6, 6.07) is 7.44. The Kier molecular flexibility index (Phi) is 6.06. The van der Waals surface area contributed by atoms with Crippen molar-refractivity contribution < 1.29 is 14.3 Å². The van der Waals surface area contributed by atoms with Crippen molar-refractivity contribution in [1.29, 1.82) is 5.26 Å². The molecular formula is C21H23N5O3S. The van der Waals surface area contributed by atoms with Crippen LogP contribution in [0.1, 0.15) is 15.9 Å². The zero-order chi connectivity index (χ0) is 21.1. The predicted molar refractivity (Wildman–Crippen MR) is 115 cm³/mol. The van der Waals surface area contributed by atoms with Gasteiger partial charge < -0.3 is 19.9 Å². The van der Waals surface area contributed by atoms with Gasteiger partial charge in [0.05, 0.1) is 42.8 Å². The Labute approximate surface area is 179 Å². The summed E-state index contributed by atoms with van der Waals surface area (Å²) < 4.78 is 5.44. The zero-order valence-corrected chi connectivity index (χ0v) is 17.6. The van der Waals surface area contributed by atoms with Crippen molar-refractivity contribution in [3.8, 4) is 6.07 Å². The van der Waals surface area contributed by atoms with E-state index in [1.165, 1.54) is 4.90 Å². The van der Waals surface area contributed by atoms with E-state index in [2.05, 4.69) is 27.3 Å². The molecular weight excluding hydrogens is 402 g/mol. The number of amides is 2. The van der Waals surface area contributed by atoms with Crippen molar-refractivity contribution in [2.75, 3.05) is 49.4 Å². The number of aromatic nitrogens is 1. The van der Waals surface area contributed by atoms with Crippen LogP contribution in [0.2, 0.25) is 0 Å². The molecule has 0 spiro atoms. The first kappa shape index (κ1) is 20.4. The molecule has 3 heterocycles. The molecule has 2 aliphatic heterocycles. The number of ether oxygens (including phenoxy) is 1. The summed E-state index contributed by atoms with van der Waals surface area (Å²) in [5.41, 5.74) is 3.28. The number of morpholine rings is 1. The molecule has 2 aromatic rings. The average Bonchev–Trinajstić information content (AvgIpc) is 3.26. The average molecular weight is 426 g/mol. The second-order valence-corrected chi connectivity index (χ2v) is 8.31. The van der Waals surface area contributed by atoms with Gasteiger partial charge in [0.15, 0.2) is 0 Å². The van der Waals surface area contributed by atoms with Crippen LogP contribution in [0.3, 0.4) is 0 Å². The van der Waals surface area contributed by atoms with Crippen molar-refractivity contribution in [3.63, 3.8) is 0 Å². The monoisotopic (exact) mass is 425 g/mol. The first-order valence-corrected chi connectivity index (χ1v) is 11.0. The van der Waals surface area contributed by atoms with Crippen molar-refractivity contribution in [3.05, 3.63) is 35.5 Å². The van der Waals surface area contributed by atoms with Crippen LogP contribution in [0.5, 0.6) is 0 Å². The topological polar surface area (TPSA) is 98.6 Å². The van der Waals surface area contributed by atoms with Gasteiger partial charge in [-0.05, 0) is 30.7 Å². The molecule has 9 heteroatoms. The molecule has 2 amide bonds. The lowest BCUT2D eigenvalue weighted by molar-refractivity contribution is -0.129. The van der Waals surface area contributed by atoms with Crippen LogP contribution in [0, 0.1) is 18.3 Å². The van der Waals surface area contributed by atoms with Gasteiger partial charge in [0.2, 0.25) is 5.91 Å². The molecule has 2 saturated heterocycles. The number of thioether (sulfide) groups is 1. The van der Waals surface area contributed by atoms with Crippen LogP contribution in [0.25, 0.3) is 10.9 Å². The first-order valence-electron chi connectivity index (χ1n) is 9.85. The van der Waals surface area contributed by atoms with E-state index < -0.39 is 6.04 Å². The third-order valence-electron chi connectivity index (χ3n) is 5.39. The summed E-state index contributed by atoms with van der Waals surface area (Å²) in [4.78, 5) is 33.6. The van der Waals surface area contributed by atoms with Crippen molar-refractivity contribution >= 4 is 40.2 Å². The maximum absolute atomic E-state index is 12.9. The first-order chi connectivity index (χ1) is 14.6. The SMILES string of the molecule is Cc1cc(N2CCOCC2)cc2c(C(=O)NCC(=O)N3CSC[C@H]3C#N)ccnc12. The maximum Gasteiger partial charge on any atom is 0.252 e. The standard InChI is InChI=1S/C21H23N5O3S/c1-14-8-15(25-4-6-29-7-5-25)9-18-17(2-3-23-20(14)18)21(28)24-11-19(27)26-13-30-12-16(26)10-22/h2-3,8-9,16H,4-7,11-13H2,1H3,(H,24,28)/t16-/m1/s1. The smallest absolute Gasteiger partial charge is 0.252 e. The molecule has 0 saturated carbocycles. The molecule has 30 heavy (non-hydrogen) atoms. The molecule has 1 N–H and O–H groups in total. The van der Waals surface area contributed by atoms with E-state index in [4.69, 9.17) is 10.00 Å². The second-order valence-electron chi connectivity index (χ2n) is 7.31. The summed E-state index contributed by atoms with van der Waals surface area (Å²) in [5, 5.41) is 12.6. The molecule has 156 valence electrons. The number of pyridine rings is 1. The molecule has 0 unspecified atom stereocenters. The van der Waals surface area contributed by atoms with Gasteiger partial charge in [-0.1, -0.05) is 0 Å². The van der Waals surface area contributed by atoms with Crippen LogP contribution in [0.4, 0.5) is 5.69 Å². The van der Waals surface area contributed by atoms with E-state index in [1.54, 1.807) is 24.0 Å². The Balaban J connectivity index is 1.55. The number of aryl methyl sites for hydroxylation is 1. The van der Waals surface area contributed by atoms with Crippen molar-refractivity contribution in [2.45, 2.75) is 13.0 Å². The number of nitrogens with zero attached hydrogens (tertiary/aromatic N) is 4. The molecule has 1 aromatic heterocycles. The Hall–Kier alpha value is -2.83. The molecule has 0 bridgehead atoms. The molecule has 2 fully saturated rings. The predicted octanol–water partition coefficient (Wildman–Crippen LogP) is 1.53. The Morgan fingerprint density at radius 3 is 2.93 bits per heavy atom. The molecule has 8 nitrogen and oxygen atoms in total. The van der Waals surface area contributed by atoms with E-state index in [-0.39, 0.29) is 18.4 Å². The molecule has 4 rings (SSSR count). The number of benzene rings is 1. The van der Waals surface area contributed by atoms with E-state index in [9.17, 15) is 9.59 Å². The van der Waals surface area contributed by atoms with Crippen LogP contribution in [-0.2, 0) is 9.53 Å². The van der Waals surface area contributed by atoms with Gasteiger partial charge in [-0.3, -0.25) is 14.6 Å². The van der Waals surface area contributed by atoms with Gasteiger partial charge in [-0.2, -0.15) is 5.26 Å². The highest BCUT2D eigenvalue weighted by molar-refractivity contribution is 7.99. The van der Waals surface area contributed by atoms with E-state index >= 15 is 0 Å². The number of carbonyl (C=O) groups excluding carboxylic acids is 2. The van der Waals surface area contributed by atoms with Crippen LogP contribution in [-0.4, -0.2) is 72.2 Å². The third kappa shape index (κ3) is 4.06. The number of hydrogen-bond donors (Lipinski definition) is 1. The van der Waals surface area contributed by atoms with Crippen molar-refractivity contribution in [2.24, 2.45) is 0 Å². The summed E-state index contributed by atoms with van der Waals surface area (Å²) in [5.74, 6) is 0.514. The number of fused-ring (bicyclic) bond motifs is 1. The fourth-order valence-corrected chi connectivity index (χ4v) is 4.87.